The second-order valence-electron chi connectivity index (χ2n) is 9.01. The van der Waals surface area contributed by atoms with Gasteiger partial charge in [0.2, 0.25) is 0 Å². The van der Waals surface area contributed by atoms with Gasteiger partial charge in [0, 0.05) is 29.4 Å². The first-order valence-electron chi connectivity index (χ1n) is 13.1. The third kappa shape index (κ3) is 7.43. The van der Waals surface area contributed by atoms with Crippen molar-refractivity contribution in [3.05, 3.63) is 64.9 Å². The first-order chi connectivity index (χ1) is 19.0. The molecule has 3 aromatic heterocycles. The number of hydrogen-bond donors (Lipinski definition) is 1. The molecule has 0 bridgehead atoms. The number of nitrogens with zero attached hydrogens (tertiary/aromatic N) is 6. The molecule has 0 spiro atoms. The van der Waals surface area contributed by atoms with Crippen LogP contribution in [0.5, 0.6) is 5.75 Å². The number of rotatable bonds is 14. The van der Waals surface area contributed by atoms with Crippen molar-refractivity contribution in [2.24, 2.45) is 0 Å². The summed E-state index contributed by atoms with van der Waals surface area (Å²) in [5, 5.41) is 15.4. The zero-order valence-corrected chi connectivity index (χ0v) is 24.5. The van der Waals surface area contributed by atoms with Crippen LogP contribution in [0.2, 0.25) is 0 Å². The van der Waals surface area contributed by atoms with Crippen LogP contribution in [-0.2, 0) is 5.75 Å². The fourth-order valence-electron chi connectivity index (χ4n) is 4.22. The molecule has 9 nitrogen and oxygen atoms in total. The molecule has 11 heteroatoms. The lowest BCUT2D eigenvalue weighted by atomic mass is 10.1. The van der Waals surface area contributed by atoms with Crippen molar-refractivity contribution in [2.45, 2.75) is 50.6 Å². The molecule has 1 atom stereocenters. The van der Waals surface area contributed by atoms with Crippen molar-refractivity contribution in [2.75, 3.05) is 26.7 Å². The highest BCUT2D eigenvalue weighted by molar-refractivity contribution is 7.98. The van der Waals surface area contributed by atoms with Crippen molar-refractivity contribution in [3.8, 4) is 22.8 Å². The average Bonchev–Trinajstić information content (AvgIpc) is 3.62. The molecule has 0 radical (unpaired) electrons. The standard InChI is InChI=1S/C28H35N7O2S2/c1-5-34(6-2)16-10-11-20(3)30-27(36)22-18-38-25(31-22)19-39-28-33-32-26(21-12-9-15-29-17-21)35(28)23-13-7-8-14-24(23)37-4/h7-9,12-15,17-18,20H,5-6,10-11,16,19H2,1-4H3,(H,30,36). The van der Waals surface area contributed by atoms with E-state index in [4.69, 9.17) is 4.74 Å². The summed E-state index contributed by atoms with van der Waals surface area (Å²) < 4.78 is 7.60. The molecule has 4 rings (SSSR count). The summed E-state index contributed by atoms with van der Waals surface area (Å²) in [4.78, 5) is 24.0. The lowest BCUT2D eigenvalue weighted by Gasteiger charge is -2.19. The lowest BCUT2D eigenvalue weighted by Crippen LogP contribution is -2.33. The molecule has 1 amide bonds. The largest absolute Gasteiger partial charge is 0.495 e. The number of thioether (sulfide) groups is 1. The van der Waals surface area contributed by atoms with Crippen molar-refractivity contribution >= 4 is 29.0 Å². The molecule has 3 heterocycles. The van der Waals surface area contributed by atoms with Gasteiger partial charge in [-0.2, -0.15) is 0 Å². The Morgan fingerprint density at radius 2 is 2.00 bits per heavy atom. The smallest absolute Gasteiger partial charge is 0.270 e. The zero-order chi connectivity index (χ0) is 27.6. The Kier molecular flexibility index (Phi) is 10.5. The fourth-order valence-corrected chi connectivity index (χ4v) is 5.95. The zero-order valence-electron chi connectivity index (χ0n) is 22.8. The van der Waals surface area contributed by atoms with Crippen LogP contribution in [-0.4, -0.2) is 68.3 Å². The van der Waals surface area contributed by atoms with Gasteiger partial charge in [-0.25, -0.2) is 4.98 Å². The summed E-state index contributed by atoms with van der Waals surface area (Å²) in [5.74, 6) is 1.81. The molecule has 39 heavy (non-hydrogen) atoms. The second-order valence-corrected chi connectivity index (χ2v) is 10.9. The van der Waals surface area contributed by atoms with Crippen LogP contribution < -0.4 is 10.1 Å². The Morgan fingerprint density at radius 1 is 1.18 bits per heavy atom. The van der Waals surface area contributed by atoms with Gasteiger partial charge in [-0.15, -0.1) is 21.5 Å². The Bertz CT molecular complexity index is 1340. The summed E-state index contributed by atoms with van der Waals surface area (Å²) in [5.41, 5.74) is 2.14. The SMILES string of the molecule is CCN(CC)CCCC(C)NC(=O)c1csc(CSc2nnc(-c3cccnc3)n2-c2ccccc2OC)n1. The maximum atomic E-state index is 12.8. The van der Waals surface area contributed by atoms with Crippen molar-refractivity contribution < 1.29 is 9.53 Å². The number of ether oxygens (including phenoxy) is 1. The van der Waals surface area contributed by atoms with Gasteiger partial charge in [-0.1, -0.05) is 37.7 Å². The number of aromatic nitrogens is 5. The van der Waals surface area contributed by atoms with E-state index in [1.54, 1.807) is 19.5 Å². The van der Waals surface area contributed by atoms with Gasteiger partial charge in [0.05, 0.1) is 18.6 Å². The van der Waals surface area contributed by atoms with Gasteiger partial charge in [0.15, 0.2) is 11.0 Å². The van der Waals surface area contributed by atoms with E-state index in [2.05, 4.69) is 44.2 Å². The third-order valence-electron chi connectivity index (χ3n) is 6.37. The Hall–Kier alpha value is -3.28. The number of carbonyl (C=O) groups excluding carboxylic acids is 1. The van der Waals surface area contributed by atoms with E-state index in [0.717, 1.165) is 48.7 Å². The number of thiazole rings is 1. The number of hydrogen-bond acceptors (Lipinski definition) is 9. The maximum absolute atomic E-state index is 12.8. The van der Waals surface area contributed by atoms with E-state index >= 15 is 0 Å². The molecule has 0 saturated heterocycles. The molecule has 4 aromatic rings. The van der Waals surface area contributed by atoms with Crippen LogP contribution in [0.15, 0.2) is 59.3 Å². The third-order valence-corrected chi connectivity index (χ3v) is 8.34. The lowest BCUT2D eigenvalue weighted by molar-refractivity contribution is 0.0932. The molecule has 0 saturated carbocycles. The number of amides is 1. The minimum absolute atomic E-state index is 0.0953. The molecule has 1 aromatic carbocycles. The monoisotopic (exact) mass is 565 g/mol. The van der Waals surface area contributed by atoms with Crippen molar-refractivity contribution in [1.29, 1.82) is 0 Å². The van der Waals surface area contributed by atoms with Crippen LogP contribution in [0.25, 0.3) is 17.1 Å². The Morgan fingerprint density at radius 3 is 2.74 bits per heavy atom. The van der Waals surface area contributed by atoms with Gasteiger partial charge in [-0.3, -0.25) is 14.3 Å². The van der Waals surface area contributed by atoms with Crippen molar-refractivity contribution in [3.63, 3.8) is 0 Å². The van der Waals surface area contributed by atoms with Crippen LogP contribution in [0, 0.1) is 0 Å². The van der Waals surface area contributed by atoms with E-state index in [-0.39, 0.29) is 11.9 Å². The van der Waals surface area contributed by atoms with E-state index in [0.29, 0.717) is 28.2 Å². The van der Waals surface area contributed by atoms with Crippen LogP contribution >= 0.6 is 23.1 Å². The molecule has 0 aliphatic carbocycles. The Balaban J connectivity index is 1.44. The number of carbonyl (C=O) groups is 1. The van der Waals surface area contributed by atoms with Gasteiger partial charge < -0.3 is 15.0 Å². The molecule has 206 valence electrons. The van der Waals surface area contributed by atoms with Crippen LogP contribution in [0.4, 0.5) is 0 Å². The highest BCUT2D eigenvalue weighted by Gasteiger charge is 2.20. The molecular formula is C28H35N7O2S2. The van der Waals surface area contributed by atoms with Gasteiger partial charge in [-0.05, 0) is 63.7 Å². The molecule has 1 N–H and O–H groups in total. The summed E-state index contributed by atoms with van der Waals surface area (Å²) in [7, 11) is 1.65. The van der Waals surface area contributed by atoms with Gasteiger partial charge >= 0.3 is 0 Å². The van der Waals surface area contributed by atoms with Gasteiger partial charge in [0.1, 0.15) is 16.5 Å². The molecule has 0 fully saturated rings. The van der Waals surface area contributed by atoms with Crippen LogP contribution in [0.3, 0.4) is 0 Å². The fraction of sp³-hybridized carbons (Fsp3) is 0.393. The second kappa shape index (κ2) is 14.2. The van der Waals surface area contributed by atoms with Gasteiger partial charge in [0.25, 0.3) is 5.91 Å². The summed E-state index contributed by atoms with van der Waals surface area (Å²) >= 11 is 2.98. The average molecular weight is 566 g/mol. The predicted octanol–water partition coefficient (Wildman–Crippen LogP) is 5.33. The summed E-state index contributed by atoms with van der Waals surface area (Å²) in [6, 6.07) is 11.7. The number of methoxy groups -OCH3 is 1. The highest BCUT2D eigenvalue weighted by atomic mass is 32.2. The molecule has 1 unspecified atom stereocenters. The quantitative estimate of drug-likeness (QED) is 0.205. The van der Waals surface area contributed by atoms with Crippen molar-refractivity contribution in [1.82, 2.24) is 34.9 Å². The predicted molar refractivity (Wildman–Crippen MR) is 157 cm³/mol. The van der Waals surface area contributed by atoms with E-state index in [1.165, 1.54) is 23.1 Å². The first kappa shape index (κ1) is 28.7. The minimum atomic E-state index is -0.131. The number of pyridine rings is 1. The normalized spacial score (nSPS) is 12.0. The number of benzene rings is 1. The van der Waals surface area contributed by atoms with E-state index < -0.39 is 0 Å². The topological polar surface area (TPSA) is 98.1 Å². The molecular weight excluding hydrogens is 530 g/mol. The Labute approximate surface area is 238 Å². The molecule has 0 aliphatic heterocycles. The molecule has 0 aliphatic rings. The summed E-state index contributed by atoms with van der Waals surface area (Å²) in [6.45, 7) is 9.55. The van der Waals surface area contributed by atoms with Crippen LogP contribution in [0.1, 0.15) is 49.1 Å². The van der Waals surface area contributed by atoms with E-state index in [9.17, 15) is 4.79 Å². The minimum Gasteiger partial charge on any atom is -0.495 e. The highest BCUT2D eigenvalue weighted by Crippen LogP contribution is 2.33. The number of nitrogens with one attached hydrogen (secondary N) is 1. The van der Waals surface area contributed by atoms with E-state index in [1.807, 2.05) is 53.3 Å². The number of para-hydroxylation sites is 2. The maximum Gasteiger partial charge on any atom is 0.270 e. The first-order valence-corrected chi connectivity index (χ1v) is 15.0. The summed E-state index contributed by atoms with van der Waals surface area (Å²) in [6.07, 6.45) is 5.48.